The number of benzene rings is 1. The molecule has 6 nitrogen and oxygen atoms in total. The normalized spacial score (nSPS) is 15.0. The van der Waals surface area contributed by atoms with E-state index < -0.39 is 0 Å². The van der Waals surface area contributed by atoms with Crippen LogP contribution in [0.5, 0.6) is 11.5 Å². The average molecular weight is 281 g/mol. The summed E-state index contributed by atoms with van der Waals surface area (Å²) in [5, 5.41) is 9.07. The number of carbonyl (C=O) groups is 1. The highest BCUT2D eigenvalue weighted by atomic mass is 16.5. The van der Waals surface area contributed by atoms with Crippen LogP contribution in [0, 0.1) is 0 Å². The minimum atomic E-state index is -0.0680. The molecule has 1 aromatic rings. The Hall–Kier alpha value is -1.79. The van der Waals surface area contributed by atoms with Crippen molar-refractivity contribution >= 4 is 5.91 Å². The van der Waals surface area contributed by atoms with Crippen LogP contribution in [-0.4, -0.2) is 55.9 Å². The lowest BCUT2D eigenvalue weighted by atomic mass is 10.2. The maximum Gasteiger partial charge on any atom is 0.260 e. The number of rotatable bonds is 5. The molecule has 0 saturated carbocycles. The number of aliphatic hydroxyl groups is 1. The quantitative estimate of drug-likeness (QED) is 0.847. The predicted molar refractivity (Wildman–Crippen MR) is 71.8 cm³/mol. The Labute approximate surface area is 117 Å². The molecular formula is C14H19NO5. The van der Waals surface area contributed by atoms with Gasteiger partial charge in [-0.05, 0) is 17.7 Å². The van der Waals surface area contributed by atoms with Gasteiger partial charge in [0.1, 0.15) is 0 Å². The van der Waals surface area contributed by atoms with Crippen molar-refractivity contribution in [2.24, 2.45) is 0 Å². The number of morpholine rings is 1. The highest BCUT2D eigenvalue weighted by Crippen LogP contribution is 2.28. The predicted octanol–water partition coefficient (Wildman–Crippen LogP) is 0.425. The van der Waals surface area contributed by atoms with Crippen molar-refractivity contribution < 1.29 is 24.1 Å². The molecule has 0 unspecified atom stereocenters. The van der Waals surface area contributed by atoms with Gasteiger partial charge in [0, 0.05) is 13.1 Å². The lowest BCUT2D eigenvalue weighted by Crippen LogP contribution is -2.43. The second-order valence-electron chi connectivity index (χ2n) is 4.43. The van der Waals surface area contributed by atoms with Crippen molar-refractivity contribution in [3.05, 3.63) is 23.8 Å². The van der Waals surface area contributed by atoms with E-state index in [2.05, 4.69) is 0 Å². The standard InChI is InChI=1S/C14H19NO5/c1-18-13-8-11(9-16)2-3-12(13)20-10-14(17)15-4-6-19-7-5-15/h2-3,8,16H,4-7,9-10H2,1H3. The number of hydrogen-bond donors (Lipinski definition) is 1. The van der Waals surface area contributed by atoms with Crippen LogP contribution in [-0.2, 0) is 16.1 Å². The molecule has 20 heavy (non-hydrogen) atoms. The van der Waals surface area contributed by atoms with E-state index in [0.29, 0.717) is 37.8 Å². The molecule has 0 spiro atoms. The summed E-state index contributed by atoms with van der Waals surface area (Å²) in [5.74, 6) is 0.930. The highest BCUT2D eigenvalue weighted by Gasteiger charge is 2.17. The maximum atomic E-state index is 12.0. The molecule has 1 aliphatic heterocycles. The summed E-state index contributed by atoms with van der Waals surface area (Å²) in [5.41, 5.74) is 0.730. The van der Waals surface area contributed by atoms with Crippen LogP contribution in [0.4, 0.5) is 0 Å². The number of aliphatic hydroxyl groups excluding tert-OH is 1. The Bertz CT molecular complexity index is 457. The highest BCUT2D eigenvalue weighted by molar-refractivity contribution is 5.78. The molecule has 1 N–H and O–H groups in total. The fourth-order valence-electron chi connectivity index (χ4n) is 1.97. The molecule has 1 aromatic carbocycles. The minimum absolute atomic E-state index is 0.0329. The second kappa shape index (κ2) is 7.12. The van der Waals surface area contributed by atoms with E-state index in [1.807, 2.05) is 0 Å². The molecule has 0 radical (unpaired) electrons. The van der Waals surface area contributed by atoms with E-state index in [-0.39, 0.29) is 19.1 Å². The van der Waals surface area contributed by atoms with Crippen molar-refractivity contribution in [3.63, 3.8) is 0 Å². The van der Waals surface area contributed by atoms with Crippen LogP contribution in [0.3, 0.4) is 0 Å². The van der Waals surface area contributed by atoms with Gasteiger partial charge in [0.05, 0.1) is 26.9 Å². The Kier molecular flexibility index (Phi) is 5.20. The fourth-order valence-corrected chi connectivity index (χ4v) is 1.97. The van der Waals surface area contributed by atoms with E-state index >= 15 is 0 Å². The van der Waals surface area contributed by atoms with Gasteiger partial charge >= 0.3 is 0 Å². The van der Waals surface area contributed by atoms with Gasteiger partial charge in [-0.3, -0.25) is 4.79 Å². The smallest absolute Gasteiger partial charge is 0.260 e. The third-order valence-corrected chi connectivity index (χ3v) is 3.13. The minimum Gasteiger partial charge on any atom is -0.493 e. The third kappa shape index (κ3) is 3.61. The first kappa shape index (κ1) is 14.6. The van der Waals surface area contributed by atoms with Crippen molar-refractivity contribution in [1.29, 1.82) is 0 Å². The van der Waals surface area contributed by atoms with Gasteiger partial charge < -0.3 is 24.2 Å². The Morgan fingerprint density at radius 1 is 1.35 bits per heavy atom. The molecule has 1 heterocycles. The second-order valence-corrected chi connectivity index (χ2v) is 4.43. The first-order chi connectivity index (χ1) is 9.74. The van der Waals surface area contributed by atoms with E-state index in [1.165, 1.54) is 7.11 Å². The fraction of sp³-hybridized carbons (Fsp3) is 0.500. The number of amides is 1. The summed E-state index contributed by atoms with van der Waals surface area (Å²) in [6.07, 6.45) is 0. The van der Waals surface area contributed by atoms with Crippen molar-refractivity contribution in [1.82, 2.24) is 4.90 Å². The number of ether oxygens (including phenoxy) is 3. The van der Waals surface area contributed by atoms with Gasteiger partial charge in [-0.15, -0.1) is 0 Å². The molecule has 2 rings (SSSR count). The van der Waals surface area contributed by atoms with E-state index in [1.54, 1.807) is 23.1 Å². The monoisotopic (exact) mass is 281 g/mol. The molecular weight excluding hydrogens is 262 g/mol. The van der Waals surface area contributed by atoms with Crippen LogP contribution >= 0.6 is 0 Å². The van der Waals surface area contributed by atoms with E-state index in [9.17, 15) is 4.79 Å². The number of carbonyl (C=O) groups excluding carboxylic acids is 1. The SMILES string of the molecule is COc1cc(CO)ccc1OCC(=O)N1CCOCC1. The van der Waals surface area contributed by atoms with Gasteiger partial charge in [-0.1, -0.05) is 6.07 Å². The van der Waals surface area contributed by atoms with Gasteiger partial charge in [-0.25, -0.2) is 0 Å². The topological polar surface area (TPSA) is 68.2 Å². The zero-order valence-corrected chi connectivity index (χ0v) is 11.5. The van der Waals surface area contributed by atoms with Crippen LogP contribution in [0.15, 0.2) is 18.2 Å². The Balaban J connectivity index is 1.94. The molecule has 1 saturated heterocycles. The number of nitrogens with zero attached hydrogens (tertiary/aromatic N) is 1. The van der Waals surface area contributed by atoms with Gasteiger partial charge in [-0.2, -0.15) is 0 Å². The summed E-state index contributed by atoms with van der Waals surface area (Å²) in [4.78, 5) is 13.7. The summed E-state index contributed by atoms with van der Waals surface area (Å²) in [7, 11) is 1.52. The lowest BCUT2D eigenvalue weighted by Gasteiger charge is -2.26. The summed E-state index contributed by atoms with van der Waals surface area (Å²) in [6, 6.07) is 5.11. The zero-order valence-electron chi connectivity index (χ0n) is 11.5. The Morgan fingerprint density at radius 2 is 2.10 bits per heavy atom. The molecule has 110 valence electrons. The van der Waals surface area contributed by atoms with Gasteiger partial charge in [0.15, 0.2) is 18.1 Å². The molecule has 1 aliphatic rings. The molecule has 1 amide bonds. The maximum absolute atomic E-state index is 12.0. The van der Waals surface area contributed by atoms with Crippen molar-refractivity contribution in [2.75, 3.05) is 40.0 Å². The number of methoxy groups -OCH3 is 1. The van der Waals surface area contributed by atoms with Crippen LogP contribution < -0.4 is 9.47 Å². The molecule has 6 heteroatoms. The van der Waals surface area contributed by atoms with Gasteiger partial charge in [0.2, 0.25) is 0 Å². The van der Waals surface area contributed by atoms with Gasteiger partial charge in [0.25, 0.3) is 5.91 Å². The summed E-state index contributed by atoms with van der Waals surface area (Å²) >= 11 is 0. The zero-order chi connectivity index (χ0) is 14.4. The van der Waals surface area contributed by atoms with E-state index in [4.69, 9.17) is 19.3 Å². The Morgan fingerprint density at radius 3 is 2.75 bits per heavy atom. The molecule has 0 bridgehead atoms. The first-order valence-electron chi connectivity index (χ1n) is 6.50. The summed E-state index contributed by atoms with van der Waals surface area (Å²) < 4.78 is 15.9. The van der Waals surface area contributed by atoms with Crippen LogP contribution in [0.1, 0.15) is 5.56 Å². The van der Waals surface area contributed by atoms with Crippen LogP contribution in [0.25, 0.3) is 0 Å². The first-order valence-corrected chi connectivity index (χ1v) is 6.50. The lowest BCUT2D eigenvalue weighted by molar-refractivity contribution is -0.137. The average Bonchev–Trinajstić information content (AvgIpc) is 2.53. The van der Waals surface area contributed by atoms with Crippen molar-refractivity contribution in [3.8, 4) is 11.5 Å². The third-order valence-electron chi connectivity index (χ3n) is 3.13. The van der Waals surface area contributed by atoms with Crippen molar-refractivity contribution in [2.45, 2.75) is 6.61 Å². The van der Waals surface area contributed by atoms with Crippen LogP contribution in [0.2, 0.25) is 0 Å². The largest absolute Gasteiger partial charge is 0.493 e. The summed E-state index contributed by atoms with van der Waals surface area (Å²) in [6.45, 7) is 2.24. The molecule has 1 fully saturated rings. The van der Waals surface area contributed by atoms with E-state index in [0.717, 1.165) is 5.56 Å². The molecule has 0 atom stereocenters. The number of hydrogen-bond acceptors (Lipinski definition) is 5. The molecule has 0 aliphatic carbocycles. The molecule has 0 aromatic heterocycles.